The lowest BCUT2D eigenvalue weighted by molar-refractivity contribution is 0.193. The Morgan fingerprint density at radius 1 is 1.21 bits per heavy atom. The van der Waals surface area contributed by atoms with Gasteiger partial charge in [-0.1, -0.05) is 54.9 Å². The minimum Gasteiger partial charge on any atom is -0.337 e. The largest absolute Gasteiger partial charge is 0.337 e. The van der Waals surface area contributed by atoms with Crippen molar-refractivity contribution in [2.45, 2.75) is 45.6 Å². The first-order valence-electron chi connectivity index (χ1n) is 10.1. The highest BCUT2D eigenvalue weighted by Crippen LogP contribution is 2.32. The summed E-state index contributed by atoms with van der Waals surface area (Å²) in [5.41, 5.74) is 4.09. The highest BCUT2D eigenvalue weighted by Gasteiger charge is 2.34. The van der Waals surface area contributed by atoms with Gasteiger partial charge in [-0.2, -0.15) is 4.98 Å². The first-order valence-corrected chi connectivity index (χ1v) is 10.1. The number of likely N-dealkylation sites (tertiary alicyclic amines) is 1. The highest BCUT2D eigenvalue weighted by molar-refractivity contribution is 5.89. The number of benzene rings is 2. The SMILES string of the molecule is Cc1cccc(-c2noc(C3CCCN3C(=O)Nc3ccc(C(C)C)cc3)n2)c1. The van der Waals surface area contributed by atoms with Gasteiger partial charge in [0.25, 0.3) is 0 Å². The van der Waals surface area contributed by atoms with Gasteiger partial charge in [0, 0.05) is 17.8 Å². The molecule has 0 spiro atoms. The van der Waals surface area contributed by atoms with Crippen LogP contribution >= 0.6 is 0 Å². The molecule has 4 rings (SSSR count). The summed E-state index contributed by atoms with van der Waals surface area (Å²) in [4.78, 5) is 19.2. The van der Waals surface area contributed by atoms with Crippen molar-refractivity contribution in [1.29, 1.82) is 0 Å². The van der Waals surface area contributed by atoms with Crippen LogP contribution in [0.5, 0.6) is 0 Å². The van der Waals surface area contributed by atoms with Gasteiger partial charge in [0.05, 0.1) is 0 Å². The molecule has 1 unspecified atom stereocenters. The molecule has 1 N–H and O–H groups in total. The van der Waals surface area contributed by atoms with Gasteiger partial charge >= 0.3 is 6.03 Å². The quantitative estimate of drug-likeness (QED) is 0.635. The number of aryl methyl sites for hydroxylation is 1. The van der Waals surface area contributed by atoms with E-state index in [-0.39, 0.29) is 12.1 Å². The molecule has 2 aromatic carbocycles. The minimum absolute atomic E-state index is 0.139. The van der Waals surface area contributed by atoms with Crippen LogP contribution in [0.15, 0.2) is 53.1 Å². The third-order valence-electron chi connectivity index (χ3n) is 5.35. The van der Waals surface area contributed by atoms with Crippen LogP contribution in [0.25, 0.3) is 11.4 Å². The molecule has 1 aliphatic rings. The molecule has 3 aromatic rings. The predicted molar refractivity (Wildman–Crippen MR) is 113 cm³/mol. The number of hydrogen-bond acceptors (Lipinski definition) is 4. The second-order valence-electron chi connectivity index (χ2n) is 7.88. The lowest BCUT2D eigenvalue weighted by Crippen LogP contribution is -2.34. The molecule has 29 heavy (non-hydrogen) atoms. The van der Waals surface area contributed by atoms with Crippen molar-refractivity contribution in [2.24, 2.45) is 0 Å². The van der Waals surface area contributed by atoms with Crippen molar-refractivity contribution in [3.63, 3.8) is 0 Å². The van der Waals surface area contributed by atoms with E-state index < -0.39 is 0 Å². The molecular weight excluding hydrogens is 364 g/mol. The maximum atomic E-state index is 12.9. The number of aromatic nitrogens is 2. The number of anilines is 1. The van der Waals surface area contributed by atoms with Crippen LogP contribution in [0.2, 0.25) is 0 Å². The molecule has 1 fully saturated rings. The number of nitrogens with one attached hydrogen (secondary N) is 1. The van der Waals surface area contributed by atoms with Crippen molar-refractivity contribution in [3.8, 4) is 11.4 Å². The average Bonchev–Trinajstić information content (AvgIpc) is 3.38. The molecule has 0 aliphatic carbocycles. The van der Waals surface area contributed by atoms with E-state index in [1.807, 2.05) is 55.5 Å². The van der Waals surface area contributed by atoms with Crippen molar-refractivity contribution in [3.05, 3.63) is 65.5 Å². The third-order valence-corrected chi connectivity index (χ3v) is 5.35. The van der Waals surface area contributed by atoms with Crippen molar-refractivity contribution in [2.75, 3.05) is 11.9 Å². The second kappa shape index (κ2) is 8.07. The Bertz CT molecular complexity index is 994. The standard InChI is InChI=1S/C23H26N4O2/c1-15(2)17-9-11-19(12-10-17)24-23(28)27-13-5-8-20(27)22-25-21(26-29-22)18-7-4-6-16(3)14-18/h4,6-7,9-12,14-15,20H,5,8,13H2,1-3H3,(H,24,28). The molecule has 1 atom stereocenters. The molecule has 1 aliphatic heterocycles. The molecule has 6 heteroatoms. The number of urea groups is 1. The molecule has 6 nitrogen and oxygen atoms in total. The van der Waals surface area contributed by atoms with E-state index in [1.54, 1.807) is 4.90 Å². The Morgan fingerprint density at radius 2 is 2.00 bits per heavy atom. The summed E-state index contributed by atoms with van der Waals surface area (Å²) in [5, 5.41) is 7.12. The maximum absolute atomic E-state index is 12.9. The Balaban J connectivity index is 1.48. The van der Waals surface area contributed by atoms with Crippen LogP contribution in [0, 0.1) is 6.92 Å². The van der Waals surface area contributed by atoms with Crippen LogP contribution < -0.4 is 5.32 Å². The molecule has 1 aromatic heterocycles. The Morgan fingerprint density at radius 3 is 2.72 bits per heavy atom. The number of carbonyl (C=O) groups excluding carboxylic acids is 1. The van der Waals surface area contributed by atoms with Crippen LogP contribution in [-0.2, 0) is 0 Å². The Labute approximate surface area is 170 Å². The molecule has 1 saturated heterocycles. The van der Waals surface area contributed by atoms with Gasteiger partial charge in [-0.05, 0) is 49.4 Å². The van der Waals surface area contributed by atoms with Gasteiger partial charge in [0.2, 0.25) is 11.7 Å². The molecular formula is C23H26N4O2. The summed E-state index contributed by atoms with van der Waals surface area (Å²) >= 11 is 0. The number of amides is 2. The summed E-state index contributed by atoms with van der Waals surface area (Å²) in [6.45, 7) is 7.00. The highest BCUT2D eigenvalue weighted by atomic mass is 16.5. The third kappa shape index (κ3) is 4.16. The van der Waals surface area contributed by atoms with Crippen LogP contribution in [0.4, 0.5) is 10.5 Å². The van der Waals surface area contributed by atoms with E-state index in [2.05, 4.69) is 29.3 Å². The molecule has 2 amide bonds. The number of carbonyl (C=O) groups is 1. The Kier molecular flexibility index (Phi) is 5.34. The topological polar surface area (TPSA) is 71.3 Å². The van der Waals surface area contributed by atoms with E-state index in [0.717, 1.165) is 29.7 Å². The molecule has 0 saturated carbocycles. The molecule has 0 radical (unpaired) electrons. The Hall–Kier alpha value is -3.15. The van der Waals surface area contributed by atoms with Gasteiger partial charge in [0.15, 0.2) is 0 Å². The van der Waals surface area contributed by atoms with Gasteiger partial charge in [0.1, 0.15) is 6.04 Å². The normalized spacial score (nSPS) is 16.4. The minimum atomic E-state index is -0.198. The van der Waals surface area contributed by atoms with E-state index in [1.165, 1.54) is 5.56 Å². The summed E-state index contributed by atoms with van der Waals surface area (Å²) in [5.74, 6) is 1.51. The number of rotatable bonds is 4. The van der Waals surface area contributed by atoms with Gasteiger partial charge in [-0.15, -0.1) is 0 Å². The molecule has 2 heterocycles. The number of hydrogen-bond donors (Lipinski definition) is 1. The fourth-order valence-corrected chi connectivity index (χ4v) is 3.69. The maximum Gasteiger partial charge on any atom is 0.322 e. The first-order chi connectivity index (χ1) is 14.0. The average molecular weight is 390 g/mol. The predicted octanol–water partition coefficient (Wildman–Crippen LogP) is 5.54. The van der Waals surface area contributed by atoms with Gasteiger partial charge in [-0.3, -0.25) is 0 Å². The fourth-order valence-electron chi connectivity index (χ4n) is 3.69. The lowest BCUT2D eigenvalue weighted by atomic mass is 10.0. The van der Waals surface area contributed by atoms with Gasteiger partial charge < -0.3 is 14.7 Å². The number of nitrogens with zero attached hydrogens (tertiary/aromatic N) is 3. The van der Waals surface area contributed by atoms with E-state index in [0.29, 0.717) is 24.2 Å². The van der Waals surface area contributed by atoms with Crippen LogP contribution in [-0.4, -0.2) is 27.6 Å². The van der Waals surface area contributed by atoms with Gasteiger partial charge in [-0.25, -0.2) is 4.79 Å². The zero-order valence-corrected chi connectivity index (χ0v) is 17.1. The monoisotopic (exact) mass is 390 g/mol. The van der Waals surface area contributed by atoms with E-state index in [9.17, 15) is 4.79 Å². The summed E-state index contributed by atoms with van der Waals surface area (Å²) in [6.07, 6.45) is 1.72. The smallest absolute Gasteiger partial charge is 0.322 e. The fraction of sp³-hybridized carbons (Fsp3) is 0.348. The lowest BCUT2D eigenvalue weighted by Gasteiger charge is -2.22. The van der Waals surface area contributed by atoms with Crippen molar-refractivity contribution in [1.82, 2.24) is 15.0 Å². The van der Waals surface area contributed by atoms with E-state index in [4.69, 9.17) is 4.52 Å². The zero-order valence-electron chi connectivity index (χ0n) is 17.1. The first kappa shape index (κ1) is 19.2. The second-order valence-corrected chi connectivity index (χ2v) is 7.88. The zero-order chi connectivity index (χ0) is 20.4. The van der Waals surface area contributed by atoms with Crippen LogP contribution in [0.3, 0.4) is 0 Å². The summed E-state index contributed by atoms with van der Waals surface area (Å²) < 4.78 is 5.53. The summed E-state index contributed by atoms with van der Waals surface area (Å²) in [7, 11) is 0. The summed E-state index contributed by atoms with van der Waals surface area (Å²) in [6, 6.07) is 15.6. The molecule has 0 bridgehead atoms. The van der Waals surface area contributed by atoms with Crippen molar-refractivity contribution < 1.29 is 9.32 Å². The van der Waals surface area contributed by atoms with Crippen molar-refractivity contribution >= 4 is 11.7 Å². The van der Waals surface area contributed by atoms with E-state index >= 15 is 0 Å². The van der Waals surface area contributed by atoms with Crippen LogP contribution in [0.1, 0.15) is 55.7 Å². The molecule has 150 valence electrons.